The Kier molecular flexibility index (Phi) is 5.83. The van der Waals surface area contributed by atoms with E-state index in [-0.39, 0.29) is 11.6 Å². The van der Waals surface area contributed by atoms with Crippen LogP contribution in [0.1, 0.15) is 15.9 Å². The molecule has 4 nitrogen and oxygen atoms in total. The molecule has 0 bridgehead atoms. The van der Waals surface area contributed by atoms with Crippen LogP contribution >= 0.6 is 27.5 Å². The molecule has 0 radical (unpaired) electrons. The Balaban J connectivity index is 2.02. The van der Waals surface area contributed by atoms with E-state index < -0.39 is 5.97 Å². The molecule has 2 aromatic carbocycles. The lowest BCUT2D eigenvalue weighted by atomic mass is 10.1. The number of aromatic carboxylic acids is 1. The Labute approximate surface area is 142 Å². The summed E-state index contributed by atoms with van der Waals surface area (Å²) < 4.78 is 0.697. The van der Waals surface area contributed by atoms with Gasteiger partial charge in [0.1, 0.15) is 0 Å². The third-order valence-corrected chi connectivity index (χ3v) is 4.07. The standard InChI is InChI=1S/C16H16BrClN2O2/c17-14-6-2-5-13(16(21)22)15(14)20-9-12(19)8-10-3-1-4-11(18)7-10/h1-7,12,20H,8-9,19H2,(H,21,22). The largest absolute Gasteiger partial charge is 0.478 e. The molecule has 0 aliphatic heterocycles. The van der Waals surface area contributed by atoms with Crippen LogP contribution in [-0.2, 0) is 6.42 Å². The van der Waals surface area contributed by atoms with Crippen LogP contribution in [0.25, 0.3) is 0 Å². The minimum atomic E-state index is -0.979. The zero-order chi connectivity index (χ0) is 16.1. The molecule has 2 rings (SSSR count). The summed E-state index contributed by atoms with van der Waals surface area (Å²) in [5, 5.41) is 13.0. The quantitative estimate of drug-likeness (QED) is 0.709. The van der Waals surface area contributed by atoms with E-state index in [2.05, 4.69) is 21.2 Å². The normalized spacial score (nSPS) is 12.0. The summed E-state index contributed by atoms with van der Waals surface area (Å²) in [5.74, 6) is -0.979. The van der Waals surface area contributed by atoms with Crippen molar-refractivity contribution in [1.29, 1.82) is 0 Å². The van der Waals surface area contributed by atoms with Crippen LogP contribution in [0.15, 0.2) is 46.9 Å². The molecule has 0 aliphatic carbocycles. The maximum atomic E-state index is 11.2. The van der Waals surface area contributed by atoms with E-state index in [4.69, 9.17) is 17.3 Å². The Hall–Kier alpha value is -1.56. The van der Waals surface area contributed by atoms with Gasteiger partial charge in [0.15, 0.2) is 0 Å². The summed E-state index contributed by atoms with van der Waals surface area (Å²) in [6.45, 7) is 0.454. The first kappa shape index (κ1) is 16.8. The summed E-state index contributed by atoms with van der Waals surface area (Å²) in [5.41, 5.74) is 7.91. The van der Waals surface area contributed by atoms with Crippen molar-refractivity contribution < 1.29 is 9.90 Å². The van der Waals surface area contributed by atoms with Gasteiger partial charge >= 0.3 is 5.97 Å². The van der Waals surface area contributed by atoms with Crippen LogP contribution in [0, 0.1) is 0 Å². The van der Waals surface area contributed by atoms with Crippen LogP contribution in [0.4, 0.5) is 5.69 Å². The van der Waals surface area contributed by atoms with Crippen LogP contribution < -0.4 is 11.1 Å². The highest BCUT2D eigenvalue weighted by atomic mass is 79.9. The highest BCUT2D eigenvalue weighted by Gasteiger charge is 2.13. The van der Waals surface area contributed by atoms with E-state index in [1.54, 1.807) is 18.2 Å². The molecule has 0 amide bonds. The van der Waals surface area contributed by atoms with Crippen molar-refractivity contribution in [1.82, 2.24) is 0 Å². The van der Waals surface area contributed by atoms with Gasteiger partial charge in [0.2, 0.25) is 0 Å². The van der Waals surface area contributed by atoms with Gasteiger partial charge in [0.25, 0.3) is 0 Å². The van der Waals surface area contributed by atoms with Gasteiger partial charge in [0.05, 0.1) is 11.3 Å². The molecule has 0 aromatic heterocycles. The second kappa shape index (κ2) is 7.63. The molecular formula is C16H16BrClN2O2. The number of hydrogen-bond donors (Lipinski definition) is 3. The third-order valence-electron chi connectivity index (χ3n) is 3.17. The fourth-order valence-electron chi connectivity index (χ4n) is 2.15. The lowest BCUT2D eigenvalue weighted by molar-refractivity contribution is 0.0698. The van der Waals surface area contributed by atoms with E-state index in [1.165, 1.54) is 0 Å². The molecule has 0 spiro atoms. The van der Waals surface area contributed by atoms with Gasteiger partial charge in [-0.15, -0.1) is 0 Å². The summed E-state index contributed by atoms with van der Waals surface area (Å²) in [6.07, 6.45) is 0.653. The number of benzene rings is 2. The second-order valence-corrected chi connectivity index (χ2v) is 6.23. The van der Waals surface area contributed by atoms with E-state index in [1.807, 2.05) is 24.3 Å². The lowest BCUT2D eigenvalue weighted by Gasteiger charge is -2.16. The number of hydrogen-bond acceptors (Lipinski definition) is 3. The summed E-state index contributed by atoms with van der Waals surface area (Å²) in [6, 6.07) is 12.4. The molecule has 0 aliphatic rings. The van der Waals surface area contributed by atoms with Crippen LogP contribution in [-0.4, -0.2) is 23.7 Å². The van der Waals surface area contributed by atoms with Gasteiger partial charge in [-0.3, -0.25) is 0 Å². The number of halogens is 2. The Morgan fingerprint density at radius 3 is 2.73 bits per heavy atom. The molecule has 1 atom stereocenters. The first-order valence-corrected chi connectivity index (χ1v) is 7.90. The first-order chi connectivity index (χ1) is 10.5. The number of rotatable bonds is 6. The van der Waals surface area contributed by atoms with Gasteiger partial charge in [-0.25, -0.2) is 4.79 Å². The number of carboxylic acid groups (broad SMARTS) is 1. The Bertz CT molecular complexity index is 679. The van der Waals surface area contributed by atoms with Gasteiger partial charge in [0, 0.05) is 22.1 Å². The van der Waals surface area contributed by atoms with Gasteiger partial charge in [-0.1, -0.05) is 29.8 Å². The Morgan fingerprint density at radius 1 is 1.32 bits per heavy atom. The molecule has 0 heterocycles. The summed E-state index contributed by atoms with van der Waals surface area (Å²) >= 11 is 9.31. The number of anilines is 1. The van der Waals surface area contributed by atoms with Crippen molar-refractivity contribution in [2.45, 2.75) is 12.5 Å². The second-order valence-electron chi connectivity index (χ2n) is 4.94. The minimum absolute atomic E-state index is 0.160. The minimum Gasteiger partial charge on any atom is -0.478 e. The highest BCUT2D eigenvalue weighted by Crippen LogP contribution is 2.26. The van der Waals surface area contributed by atoms with Crippen LogP contribution in [0.3, 0.4) is 0 Å². The van der Waals surface area contributed by atoms with Crippen molar-refractivity contribution in [3.8, 4) is 0 Å². The number of nitrogens with one attached hydrogen (secondary N) is 1. The molecule has 1 unspecified atom stereocenters. The van der Waals surface area contributed by atoms with E-state index in [0.29, 0.717) is 28.1 Å². The van der Waals surface area contributed by atoms with Crippen LogP contribution in [0.5, 0.6) is 0 Å². The SMILES string of the molecule is NC(CNc1c(Br)cccc1C(=O)O)Cc1cccc(Cl)c1. The molecule has 0 saturated heterocycles. The maximum Gasteiger partial charge on any atom is 0.337 e. The third kappa shape index (κ3) is 4.47. The zero-order valence-corrected chi connectivity index (χ0v) is 14.1. The lowest BCUT2D eigenvalue weighted by Crippen LogP contribution is -2.31. The zero-order valence-electron chi connectivity index (χ0n) is 11.7. The molecule has 22 heavy (non-hydrogen) atoms. The smallest absolute Gasteiger partial charge is 0.337 e. The topological polar surface area (TPSA) is 75.3 Å². The summed E-state index contributed by atoms with van der Waals surface area (Å²) in [7, 11) is 0. The predicted molar refractivity (Wildman–Crippen MR) is 92.7 cm³/mol. The first-order valence-electron chi connectivity index (χ1n) is 6.73. The molecule has 2 aromatic rings. The number of carbonyl (C=O) groups is 1. The van der Waals surface area contributed by atoms with Gasteiger partial charge < -0.3 is 16.2 Å². The van der Waals surface area contributed by atoms with Crippen LogP contribution in [0.2, 0.25) is 5.02 Å². The molecule has 6 heteroatoms. The Morgan fingerprint density at radius 2 is 2.05 bits per heavy atom. The molecule has 0 saturated carbocycles. The predicted octanol–water partition coefficient (Wildman–Crippen LogP) is 3.78. The summed E-state index contributed by atoms with van der Waals surface area (Å²) in [4.78, 5) is 11.2. The van der Waals surface area contributed by atoms with Crippen molar-refractivity contribution in [3.05, 3.63) is 63.1 Å². The van der Waals surface area contributed by atoms with Crippen molar-refractivity contribution >= 4 is 39.2 Å². The number of carboxylic acids is 1. The number of para-hydroxylation sites is 1. The van der Waals surface area contributed by atoms with Gasteiger partial charge in [-0.05, 0) is 52.2 Å². The average molecular weight is 384 g/mol. The molecule has 0 fully saturated rings. The van der Waals surface area contributed by atoms with Crippen molar-refractivity contribution in [3.63, 3.8) is 0 Å². The monoisotopic (exact) mass is 382 g/mol. The highest BCUT2D eigenvalue weighted by molar-refractivity contribution is 9.10. The number of nitrogens with two attached hydrogens (primary N) is 1. The van der Waals surface area contributed by atoms with E-state index in [9.17, 15) is 9.90 Å². The van der Waals surface area contributed by atoms with E-state index >= 15 is 0 Å². The molecular weight excluding hydrogens is 368 g/mol. The molecule has 116 valence electrons. The van der Waals surface area contributed by atoms with Crippen molar-refractivity contribution in [2.75, 3.05) is 11.9 Å². The average Bonchev–Trinajstić information content (AvgIpc) is 2.45. The van der Waals surface area contributed by atoms with E-state index in [0.717, 1.165) is 5.56 Å². The van der Waals surface area contributed by atoms with Gasteiger partial charge in [-0.2, -0.15) is 0 Å². The van der Waals surface area contributed by atoms with Crippen molar-refractivity contribution in [2.24, 2.45) is 5.73 Å². The maximum absolute atomic E-state index is 11.2. The molecule has 4 N–H and O–H groups in total. The fourth-order valence-corrected chi connectivity index (χ4v) is 2.87. The fraction of sp³-hybridized carbons (Fsp3) is 0.188.